The maximum absolute atomic E-state index is 5.08. The Bertz CT molecular complexity index is 2870. The van der Waals surface area contributed by atoms with E-state index < -0.39 is 0 Å². The summed E-state index contributed by atoms with van der Waals surface area (Å²) in [4.78, 5) is 15.1. The Morgan fingerprint density at radius 3 is 1.60 bits per heavy atom. The molecule has 0 bridgehead atoms. The van der Waals surface area contributed by atoms with Crippen molar-refractivity contribution in [2.24, 2.45) is 0 Å². The maximum Gasteiger partial charge on any atom is 0.164 e. The zero-order valence-electron chi connectivity index (χ0n) is 28.6. The minimum atomic E-state index is 0.661. The quantitative estimate of drug-likeness (QED) is 0.174. The van der Waals surface area contributed by atoms with Gasteiger partial charge in [-0.05, 0) is 62.4 Å². The molecular weight excluding hydrogens is 663 g/mol. The molecule has 53 heavy (non-hydrogen) atoms. The molecule has 0 aliphatic heterocycles. The van der Waals surface area contributed by atoms with Crippen molar-refractivity contribution in [1.82, 2.24) is 15.0 Å². The third-order valence-corrected chi connectivity index (χ3v) is 11.1. The SMILES string of the molecule is c1ccc(-c2nc(-c3ccccc3)nc(-c3cccc4sc5ccc(-c6ccc(-c7ccccc7-c7cccc8ccccc78)cc6)cc5c34)n2)cc1. The fraction of sp³-hybridized carbons (Fsp3) is 0. The number of hydrogen-bond acceptors (Lipinski definition) is 4. The van der Waals surface area contributed by atoms with Crippen molar-refractivity contribution in [3.8, 4) is 67.5 Å². The smallest absolute Gasteiger partial charge is 0.164 e. The van der Waals surface area contributed by atoms with E-state index in [1.807, 2.05) is 60.7 Å². The van der Waals surface area contributed by atoms with Crippen LogP contribution in [0.5, 0.6) is 0 Å². The molecule has 2 aromatic heterocycles. The lowest BCUT2D eigenvalue weighted by molar-refractivity contribution is 1.08. The molecule has 0 N–H and O–H groups in total. The van der Waals surface area contributed by atoms with Gasteiger partial charge in [0.15, 0.2) is 17.5 Å². The minimum Gasteiger partial charge on any atom is -0.208 e. The van der Waals surface area contributed by atoms with Crippen molar-refractivity contribution in [3.05, 3.63) is 188 Å². The summed E-state index contributed by atoms with van der Waals surface area (Å²) in [6.45, 7) is 0. The molecule has 0 saturated heterocycles. The van der Waals surface area contributed by atoms with Gasteiger partial charge in [0.05, 0.1) is 0 Å². The minimum absolute atomic E-state index is 0.661. The van der Waals surface area contributed by atoms with Crippen molar-refractivity contribution in [1.29, 1.82) is 0 Å². The molecule has 0 saturated carbocycles. The molecule has 3 nitrogen and oxygen atoms in total. The maximum atomic E-state index is 5.08. The van der Waals surface area contributed by atoms with Crippen LogP contribution in [-0.2, 0) is 0 Å². The van der Waals surface area contributed by atoms with Gasteiger partial charge >= 0.3 is 0 Å². The predicted molar refractivity (Wildman–Crippen MR) is 223 cm³/mol. The molecule has 0 atom stereocenters. The highest BCUT2D eigenvalue weighted by Gasteiger charge is 2.18. The van der Waals surface area contributed by atoms with Crippen LogP contribution in [0.4, 0.5) is 0 Å². The molecule has 4 heteroatoms. The van der Waals surface area contributed by atoms with Gasteiger partial charge in [0.2, 0.25) is 0 Å². The molecule has 10 rings (SSSR count). The number of aromatic nitrogens is 3. The topological polar surface area (TPSA) is 38.7 Å². The molecule has 0 aliphatic rings. The van der Waals surface area contributed by atoms with Crippen molar-refractivity contribution >= 4 is 42.3 Å². The molecule has 8 aromatic carbocycles. The van der Waals surface area contributed by atoms with E-state index >= 15 is 0 Å². The van der Waals surface area contributed by atoms with Crippen LogP contribution in [0.2, 0.25) is 0 Å². The number of nitrogens with zero attached hydrogens (tertiary/aromatic N) is 3. The van der Waals surface area contributed by atoms with Crippen LogP contribution < -0.4 is 0 Å². The Balaban J connectivity index is 1.07. The molecular formula is C49H31N3S. The number of fused-ring (bicyclic) bond motifs is 4. The van der Waals surface area contributed by atoms with Crippen LogP contribution in [0.25, 0.3) is 98.5 Å². The number of thiophene rings is 1. The summed E-state index contributed by atoms with van der Waals surface area (Å²) in [5, 5.41) is 4.88. The Kier molecular flexibility index (Phi) is 7.67. The summed E-state index contributed by atoms with van der Waals surface area (Å²) >= 11 is 1.80. The molecule has 248 valence electrons. The first-order chi connectivity index (χ1) is 26.3. The van der Waals surface area contributed by atoms with E-state index in [9.17, 15) is 0 Å². The van der Waals surface area contributed by atoms with Crippen LogP contribution >= 0.6 is 11.3 Å². The fourth-order valence-corrected chi connectivity index (χ4v) is 8.51. The first-order valence-electron chi connectivity index (χ1n) is 17.8. The number of benzene rings is 8. The van der Waals surface area contributed by atoms with Gasteiger partial charge < -0.3 is 0 Å². The van der Waals surface area contributed by atoms with Crippen LogP contribution in [0.15, 0.2) is 188 Å². The first-order valence-corrected chi connectivity index (χ1v) is 18.6. The lowest BCUT2D eigenvalue weighted by atomic mass is 9.91. The van der Waals surface area contributed by atoms with Crippen LogP contribution in [0, 0.1) is 0 Å². The summed E-state index contributed by atoms with van der Waals surface area (Å²) in [6, 6.07) is 66.5. The number of hydrogen-bond donors (Lipinski definition) is 0. The average Bonchev–Trinajstić information content (AvgIpc) is 3.62. The van der Waals surface area contributed by atoms with Gasteiger partial charge in [0.25, 0.3) is 0 Å². The van der Waals surface area contributed by atoms with Crippen molar-refractivity contribution in [3.63, 3.8) is 0 Å². The highest BCUT2D eigenvalue weighted by atomic mass is 32.1. The second-order valence-corrected chi connectivity index (χ2v) is 14.3. The van der Waals surface area contributed by atoms with Gasteiger partial charge in [0, 0.05) is 36.9 Å². The Labute approximate surface area is 311 Å². The van der Waals surface area contributed by atoms with Crippen molar-refractivity contribution in [2.45, 2.75) is 0 Å². The van der Waals surface area contributed by atoms with E-state index in [0.717, 1.165) is 16.7 Å². The molecule has 0 fully saturated rings. The standard InChI is InChI=1S/C49H31N3S/c1-3-14-35(15-4-1)47-50-48(36-16-5-2-6-17-36)52-49(51-47)42-23-12-24-45-46(42)43-31-37(29-30-44(43)53-45)32-25-27-34(28-26-32)39-20-9-10-21-40(39)41-22-11-18-33-13-7-8-19-38(33)41/h1-31H. The second-order valence-electron chi connectivity index (χ2n) is 13.2. The Hall–Kier alpha value is -6.75. The lowest BCUT2D eigenvalue weighted by Crippen LogP contribution is -2.00. The highest BCUT2D eigenvalue weighted by molar-refractivity contribution is 7.26. The molecule has 2 heterocycles. The zero-order chi connectivity index (χ0) is 35.1. The van der Waals surface area contributed by atoms with Gasteiger partial charge in [-0.3, -0.25) is 0 Å². The normalized spacial score (nSPS) is 11.4. The van der Waals surface area contributed by atoms with E-state index in [1.165, 1.54) is 64.3 Å². The highest BCUT2D eigenvalue weighted by Crippen LogP contribution is 2.42. The lowest BCUT2D eigenvalue weighted by Gasteiger charge is -2.13. The van der Waals surface area contributed by atoms with Gasteiger partial charge in [0.1, 0.15) is 0 Å². The van der Waals surface area contributed by atoms with Crippen LogP contribution in [-0.4, -0.2) is 15.0 Å². The van der Waals surface area contributed by atoms with Crippen LogP contribution in [0.3, 0.4) is 0 Å². The van der Waals surface area contributed by atoms with E-state index in [0.29, 0.717) is 17.5 Å². The first kappa shape index (κ1) is 31.0. The third-order valence-electron chi connectivity index (χ3n) is 9.97. The van der Waals surface area contributed by atoms with E-state index in [1.54, 1.807) is 11.3 Å². The van der Waals surface area contributed by atoms with Crippen molar-refractivity contribution < 1.29 is 0 Å². The molecule has 0 amide bonds. The molecule has 10 aromatic rings. The van der Waals surface area contributed by atoms with Gasteiger partial charge in [-0.2, -0.15) is 0 Å². The predicted octanol–water partition coefficient (Wildman–Crippen LogP) is 13.4. The number of rotatable bonds is 6. The summed E-state index contributed by atoms with van der Waals surface area (Å²) in [6.07, 6.45) is 0. The molecule has 0 unspecified atom stereocenters. The monoisotopic (exact) mass is 693 g/mol. The van der Waals surface area contributed by atoms with Gasteiger partial charge in [-0.25, -0.2) is 15.0 Å². The van der Waals surface area contributed by atoms with Gasteiger partial charge in [-0.15, -0.1) is 11.3 Å². The van der Waals surface area contributed by atoms with Crippen LogP contribution in [0.1, 0.15) is 0 Å². The Morgan fingerprint density at radius 2 is 0.849 bits per heavy atom. The average molecular weight is 694 g/mol. The fourth-order valence-electron chi connectivity index (χ4n) is 7.39. The summed E-state index contributed by atoms with van der Waals surface area (Å²) < 4.78 is 2.44. The summed E-state index contributed by atoms with van der Waals surface area (Å²) in [7, 11) is 0. The van der Waals surface area contributed by atoms with E-state index in [-0.39, 0.29) is 0 Å². The molecule has 0 spiro atoms. The molecule has 0 radical (unpaired) electrons. The summed E-state index contributed by atoms with van der Waals surface area (Å²) in [5.74, 6) is 1.99. The van der Waals surface area contributed by atoms with E-state index in [4.69, 9.17) is 15.0 Å². The molecule has 0 aliphatic carbocycles. The second kappa shape index (κ2) is 13.1. The van der Waals surface area contributed by atoms with E-state index in [2.05, 4.69) is 127 Å². The third kappa shape index (κ3) is 5.66. The summed E-state index contributed by atoms with van der Waals surface area (Å²) in [5.41, 5.74) is 10.2. The van der Waals surface area contributed by atoms with Gasteiger partial charge in [-0.1, -0.05) is 170 Å². The zero-order valence-corrected chi connectivity index (χ0v) is 29.5. The van der Waals surface area contributed by atoms with Crippen molar-refractivity contribution in [2.75, 3.05) is 0 Å². The largest absolute Gasteiger partial charge is 0.208 e. The Morgan fingerprint density at radius 1 is 0.302 bits per heavy atom.